The average Bonchev–Trinajstić information content (AvgIpc) is 2.33. The number of hydrazine groups is 1. The second-order valence-corrected chi connectivity index (χ2v) is 3.93. The van der Waals surface area contributed by atoms with E-state index < -0.39 is 6.04 Å². The third-order valence-corrected chi connectivity index (χ3v) is 2.73. The molecule has 0 aliphatic heterocycles. The molecule has 0 aliphatic carbocycles. The number of pyridine rings is 1. The van der Waals surface area contributed by atoms with E-state index in [0.717, 1.165) is 0 Å². The molecule has 1 aromatic heterocycles. The summed E-state index contributed by atoms with van der Waals surface area (Å²) in [6.45, 7) is 0. The van der Waals surface area contributed by atoms with Crippen LogP contribution in [0.4, 0.5) is 4.39 Å². The van der Waals surface area contributed by atoms with Crippen molar-refractivity contribution in [2.24, 2.45) is 5.84 Å². The lowest BCUT2D eigenvalue weighted by Gasteiger charge is -2.16. The minimum atomic E-state index is -0.431. The van der Waals surface area contributed by atoms with Gasteiger partial charge in [-0.3, -0.25) is 10.8 Å². The summed E-state index contributed by atoms with van der Waals surface area (Å²) in [7, 11) is 0. The van der Waals surface area contributed by atoms with Crippen LogP contribution < -0.4 is 11.3 Å². The van der Waals surface area contributed by atoms with Crippen LogP contribution in [0.5, 0.6) is 0 Å². The number of nitrogens with two attached hydrogens (primary N) is 1. The van der Waals surface area contributed by atoms with E-state index in [9.17, 15) is 4.39 Å². The van der Waals surface area contributed by atoms with Gasteiger partial charge < -0.3 is 0 Å². The van der Waals surface area contributed by atoms with Crippen LogP contribution in [0.15, 0.2) is 42.6 Å². The zero-order valence-electron chi connectivity index (χ0n) is 8.90. The molecule has 3 nitrogen and oxygen atoms in total. The highest BCUT2D eigenvalue weighted by Crippen LogP contribution is 2.25. The van der Waals surface area contributed by atoms with Crippen molar-refractivity contribution in [2.75, 3.05) is 0 Å². The van der Waals surface area contributed by atoms with Gasteiger partial charge in [-0.15, -0.1) is 0 Å². The molecular weight excluding hydrogens is 241 g/mol. The Morgan fingerprint density at radius 1 is 1.29 bits per heavy atom. The molecule has 3 N–H and O–H groups in total. The Kier molecular flexibility index (Phi) is 3.68. The molecule has 1 atom stereocenters. The molecule has 88 valence electrons. The molecule has 0 spiro atoms. The lowest BCUT2D eigenvalue weighted by molar-refractivity contribution is 0.598. The number of hydrogen-bond donors (Lipinski definition) is 2. The first kappa shape index (κ1) is 12.0. The number of nitrogens with one attached hydrogen (secondary N) is 1. The smallest absolute Gasteiger partial charge is 0.123 e. The van der Waals surface area contributed by atoms with Crippen LogP contribution in [0.2, 0.25) is 5.02 Å². The molecule has 0 radical (unpaired) electrons. The van der Waals surface area contributed by atoms with Gasteiger partial charge in [0.1, 0.15) is 5.82 Å². The van der Waals surface area contributed by atoms with E-state index in [1.165, 1.54) is 12.1 Å². The lowest BCUT2D eigenvalue weighted by atomic mass is 10.0. The van der Waals surface area contributed by atoms with Gasteiger partial charge in [0, 0.05) is 6.20 Å². The van der Waals surface area contributed by atoms with E-state index in [0.29, 0.717) is 16.3 Å². The Bertz CT molecular complexity index is 519. The number of rotatable bonds is 3. The normalized spacial score (nSPS) is 12.4. The van der Waals surface area contributed by atoms with Crippen LogP contribution in [0.25, 0.3) is 0 Å². The van der Waals surface area contributed by atoms with Crippen molar-refractivity contribution in [3.05, 3.63) is 64.7 Å². The van der Waals surface area contributed by atoms with Crippen LogP contribution in [-0.2, 0) is 0 Å². The van der Waals surface area contributed by atoms with Gasteiger partial charge in [0.15, 0.2) is 0 Å². The van der Waals surface area contributed by atoms with E-state index in [2.05, 4.69) is 10.4 Å². The molecule has 5 heteroatoms. The van der Waals surface area contributed by atoms with Gasteiger partial charge in [-0.25, -0.2) is 9.82 Å². The van der Waals surface area contributed by atoms with Gasteiger partial charge in [0.05, 0.1) is 16.8 Å². The predicted octanol–water partition coefficient (Wildman–Crippen LogP) is 2.43. The zero-order valence-corrected chi connectivity index (χ0v) is 9.66. The quantitative estimate of drug-likeness (QED) is 0.651. The van der Waals surface area contributed by atoms with Crippen molar-refractivity contribution in [1.29, 1.82) is 0 Å². The lowest BCUT2D eigenvalue weighted by Crippen LogP contribution is -2.29. The number of hydrogen-bond acceptors (Lipinski definition) is 3. The van der Waals surface area contributed by atoms with Crippen molar-refractivity contribution in [1.82, 2.24) is 10.4 Å². The summed E-state index contributed by atoms with van der Waals surface area (Å²) in [5.74, 6) is 5.16. The second kappa shape index (κ2) is 5.23. The maximum Gasteiger partial charge on any atom is 0.123 e. The average molecular weight is 252 g/mol. The van der Waals surface area contributed by atoms with Crippen LogP contribution >= 0.6 is 11.6 Å². The first-order valence-electron chi connectivity index (χ1n) is 5.04. The molecule has 0 bridgehead atoms. The van der Waals surface area contributed by atoms with Crippen molar-refractivity contribution in [3.63, 3.8) is 0 Å². The van der Waals surface area contributed by atoms with Gasteiger partial charge in [-0.05, 0) is 29.8 Å². The van der Waals surface area contributed by atoms with E-state index in [1.54, 1.807) is 30.5 Å². The number of nitrogens with zero attached hydrogens (tertiary/aromatic N) is 1. The number of benzene rings is 1. The molecule has 1 heterocycles. The Labute approximate surface area is 103 Å². The van der Waals surface area contributed by atoms with Crippen molar-refractivity contribution >= 4 is 11.6 Å². The van der Waals surface area contributed by atoms with Gasteiger partial charge in [-0.2, -0.15) is 0 Å². The monoisotopic (exact) mass is 251 g/mol. The fourth-order valence-electron chi connectivity index (χ4n) is 1.63. The SMILES string of the molecule is NNC(c1cccc(F)c1)c1ncccc1Cl. The summed E-state index contributed by atoms with van der Waals surface area (Å²) in [6.07, 6.45) is 1.62. The van der Waals surface area contributed by atoms with Crippen LogP contribution in [0.3, 0.4) is 0 Å². The molecule has 0 aliphatic rings. The van der Waals surface area contributed by atoms with Crippen molar-refractivity contribution in [3.8, 4) is 0 Å². The van der Waals surface area contributed by atoms with E-state index in [1.807, 2.05) is 0 Å². The summed E-state index contributed by atoms with van der Waals surface area (Å²) >= 11 is 6.04. The van der Waals surface area contributed by atoms with Crippen LogP contribution in [-0.4, -0.2) is 4.98 Å². The summed E-state index contributed by atoms with van der Waals surface area (Å²) in [6, 6.07) is 9.16. The van der Waals surface area contributed by atoms with Gasteiger partial charge in [-0.1, -0.05) is 23.7 Å². The summed E-state index contributed by atoms with van der Waals surface area (Å²) in [5, 5.41) is 0.486. The molecule has 1 aromatic carbocycles. The predicted molar refractivity (Wildman–Crippen MR) is 64.8 cm³/mol. The highest BCUT2D eigenvalue weighted by Gasteiger charge is 2.16. The molecule has 0 saturated heterocycles. The summed E-state index contributed by atoms with van der Waals surface area (Å²) < 4.78 is 13.2. The topological polar surface area (TPSA) is 50.9 Å². The van der Waals surface area contributed by atoms with E-state index in [-0.39, 0.29) is 5.82 Å². The van der Waals surface area contributed by atoms with Gasteiger partial charge in [0.2, 0.25) is 0 Å². The third kappa shape index (κ3) is 2.61. The maximum absolute atomic E-state index is 13.2. The molecule has 0 saturated carbocycles. The number of aromatic nitrogens is 1. The maximum atomic E-state index is 13.2. The van der Waals surface area contributed by atoms with Crippen LogP contribution in [0, 0.1) is 5.82 Å². The van der Waals surface area contributed by atoms with Crippen molar-refractivity contribution < 1.29 is 4.39 Å². The molecular formula is C12H11ClFN3. The first-order chi connectivity index (χ1) is 8.22. The second-order valence-electron chi connectivity index (χ2n) is 3.53. The Morgan fingerprint density at radius 2 is 2.12 bits per heavy atom. The Balaban J connectivity index is 2.44. The van der Waals surface area contributed by atoms with Gasteiger partial charge >= 0.3 is 0 Å². The zero-order chi connectivity index (χ0) is 12.3. The number of halogens is 2. The molecule has 2 rings (SSSR count). The van der Waals surface area contributed by atoms with Gasteiger partial charge in [0.25, 0.3) is 0 Å². The molecule has 17 heavy (non-hydrogen) atoms. The van der Waals surface area contributed by atoms with Crippen molar-refractivity contribution in [2.45, 2.75) is 6.04 Å². The largest absolute Gasteiger partial charge is 0.271 e. The third-order valence-electron chi connectivity index (χ3n) is 2.41. The Morgan fingerprint density at radius 3 is 2.76 bits per heavy atom. The Hall–Kier alpha value is -1.49. The minimum Gasteiger partial charge on any atom is -0.271 e. The highest BCUT2D eigenvalue weighted by atomic mass is 35.5. The minimum absolute atomic E-state index is 0.324. The molecule has 1 unspecified atom stereocenters. The molecule has 2 aromatic rings. The fraction of sp³-hybridized carbons (Fsp3) is 0.0833. The standard InChI is InChI=1S/C12H11ClFN3/c13-10-5-2-6-16-12(10)11(17-15)8-3-1-4-9(14)7-8/h1-7,11,17H,15H2. The molecule has 0 fully saturated rings. The van der Waals surface area contributed by atoms with E-state index in [4.69, 9.17) is 17.4 Å². The highest BCUT2D eigenvalue weighted by molar-refractivity contribution is 6.31. The fourth-order valence-corrected chi connectivity index (χ4v) is 1.86. The first-order valence-corrected chi connectivity index (χ1v) is 5.42. The summed E-state index contributed by atoms with van der Waals surface area (Å²) in [5.41, 5.74) is 3.83. The summed E-state index contributed by atoms with van der Waals surface area (Å²) in [4.78, 5) is 4.16. The van der Waals surface area contributed by atoms with E-state index >= 15 is 0 Å². The van der Waals surface area contributed by atoms with Crippen LogP contribution in [0.1, 0.15) is 17.3 Å². The molecule has 0 amide bonds.